The van der Waals surface area contributed by atoms with Gasteiger partial charge in [-0.1, -0.05) is 64.8 Å². The van der Waals surface area contributed by atoms with Crippen LogP contribution in [0.25, 0.3) is 11.4 Å². The Morgan fingerprint density at radius 2 is 1.75 bits per heavy atom. The van der Waals surface area contributed by atoms with E-state index in [2.05, 4.69) is 21.7 Å². The van der Waals surface area contributed by atoms with Crippen LogP contribution in [0.5, 0.6) is 0 Å². The first kappa shape index (κ1) is 17.6. The summed E-state index contributed by atoms with van der Waals surface area (Å²) >= 11 is 19.9. The van der Waals surface area contributed by atoms with Gasteiger partial charge in [0, 0.05) is 17.9 Å². The number of benzene rings is 2. The highest BCUT2D eigenvalue weighted by Gasteiger charge is 2.15. The average molecular weight is 399 g/mol. The SMILES string of the molecule is CCn1c(SCc2ccc(Cl)c(Cl)c2)nnc1-c1ccccc1Cl. The molecule has 0 bridgehead atoms. The summed E-state index contributed by atoms with van der Waals surface area (Å²) in [4.78, 5) is 0. The maximum absolute atomic E-state index is 6.29. The first-order valence-electron chi connectivity index (χ1n) is 7.35. The Kier molecular flexibility index (Phi) is 5.72. The summed E-state index contributed by atoms with van der Waals surface area (Å²) in [6.45, 7) is 2.82. The van der Waals surface area contributed by atoms with Crippen LogP contribution < -0.4 is 0 Å². The van der Waals surface area contributed by atoms with Gasteiger partial charge in [0.05, 0.1) is 15.1 Å². The molecule has 3 rings (SSSR count). The van der Waals surface area contributed by atoms with Crippen LogP contribution in [-0.2, 0) is 12.3 Å². The third-order valence-corrected chi connectivity index (χ3v) is 5.61. The van der Waals surface area contributed by atoms with Crippen molar-refractivity contribution in [3.63, 3.8) is 0 Å². The molecule has 0 saturated carbocycles. The van der Waals surface area contributed by atoms with Crippen LogP contribution >= 0.6 is 46.6 Å². The highest BCUT2D eigenvalue weighted by molar-refractivity contribution is 7.98. The number of aromatic nitrogens is 3. The zero-order valence-corrected chi connectivity index (χ0v) is 15.9. The molecule has 0 saturated heterocycles. The fraction of sp³-hybridized carbons (Fsp3) is 0.176. The van der Waals surface area contributed by atoms with E-state index in [1.54, 1.807) is 17.8 Å². The van der Waals surface area contributed by atoms with Gasteiger partial charge in [-0.3, -0.25) is 0 Å². The van der Waals surface area contributed by atoms with Gasteiger partial charge in [0.1, 0.15) is 0 Å². The third kappa shape index (κ3) is 3.72. The van der Waals surface area contributed by atoms with Gasteiger partial charge >= 0.3 is 0 Å². The third-order valence-electron chi connectivity index (χ3n) is 3.50. The molecular weight excluding hydrogens is 385 g/mol. The molecule has 7 heteroatoms. The maximum Gasteiger partial charge on any atom is 0.191 e. The molecule has 24 heavy (non-hydrogen) atoms. The van der Waals surface area contributed by atoms with Crippen molar-refractivity contribution in [2.24, 2.45) is 0 Å². The van der Waals surface area contributed by atoms with E-state index in [0.717, 1.165) is 34.4 Å². The number of halogens is 3. The second-order valence-corrected chi connectivity index (χ2v) is 7.23. The second kappa shape index (κ2) is 7.79. The molecule has 124 valence electrons. The van der Waals surface area contributed by atoms with Crippen LogP contribution in [0.1, 0.15) is 12.5 Å². The lowest BCUT2D eigenvalue weighted by molar-refractivity contribution is 0.687. The quantitative estimate of drug-likeness (QED) is 0.478. The van der Waals surface area contributed by atoms with E-state index in [1.165, 1.54) is 0 Å². The summed E-state index contributed by atoms with van der Waals surface area (Å²) in [5.41, 5.74) is 1.97. The normalized spacial score (nSPS) is 11.0. The van der Waals surface area contributed by atoms with Crippen LogP contribution in [0.4, 0.5) is 0 Å². The van der Waals surface area contributed by atoms with E-state index in [0.29, 0.717) is 15.1 Å². The van der Waals surface area contributed by atoms with E-state index >= 15 is 0 Å². The molecule has 1 aromatic heterocycles. The minimum Gasteiger partial charge on any atom is -0.302 e. The topological polar surface area (TPSA) is 30.7 Å². The Morgan fingerprint density at radius 3 is 2.46 bits per heavy atom. The predicted octanol–water partition coefficient (Wildman–Crippen LogP) is 6.22. The Balaban J connectivity index is 1.84. The lowest BCUT2D eigenvalue weighted by Gasteiger charge is -2.08. The lowest BCUT2D eigenvalue weighted by Crippen LogP contribution is -2.00. The molecule has 0 aliphatic rings. The Bertz CT molecular complexity index is 864. The summed E-state index contributed by atoms with van der Waals surface area (Å²) in [5.74, 6) is 1.51. The largest absolute Gasteiger partial charge is 0.302 e. The Labute approximate surface area is 160 Å². The molecule has 0 aliphatic heterocycles. The summed E-state index contributed by atoms with van der Waals surface area (Å²) in [6, 6.07) is 13.3. The van der Waals surface area contributed by atoms with Crippen molar-refractivity contribution in [3.05, 3.63) is 63.1 Å². The molecule has 0 fully saturated rings. The number of hydrogen-bond acceptors (Lipinski definition) is 3. The molecule has 0 radical (unpaired) electrons. The van der Waals surface area contributed by atoms with Crippen molar-refractivity contribution in [1.82, 2.24) is 14.8 Å². The first-order chi connectivity index (χ1) is 11.6. The smallest absolute Gasteiger partial charge is 0.191 e. The van der Waals surface area contributed by atoms with Gasteiger partial charge in [-0.25, -0.2) is 0 Å². The van der Waals surface area contributed by atoms with Gasteiger partial charge in [-0.05, 0) is 36.8 Å². The molecule has 0 N–H and O–H groups in total. The number of hydrogen-bond donors (Lipinski definition) is 0. The highest BCUT2D eigenvalue weighted by Crippen LogP contribution is 2.31. The van der Waals surface area contributed by atoms with Crippen LogP contribution in [0.2, 0.25) is 15.1 Å². The zero-order chi connectivity index (χ0) is 17.1. The summed E-state index contributed by atoms with van der Waals surface area (Å²) in [5, 5.41) is 11.3. The van der Waals surface area contributed by atoms with E-state index in [1.807, 2.05) is 36.4 Å². The molecule has 2 aromatic carbocycles. The monoisotopic (exact) mass is 397 g/mol. The molecular formula is C17H14Cl3N3S. The van der Waals surface area contributed by atoms with E-state index in [9.17, 15) is 0 Å². The molecule has 3 aromatic rings. The number of nitrogens with zero attached hydrogens (tertiary/aromatic N) is 3. The van der Waals surface area contributed by atoms with E-state index in [4.69, 9.17) is 34.8 Å². The number of rotatable bonds is 5. The summed E-state index contributed by atoms with van der Waals surface area (Å²) in [6.07, 6.45) is 0. The minimum atomic E-state index is 0.558. The van der Waals surface area contributed by atoms with Gasteiger partial charge in [0.15, 0.2) is 11.0 Å². The van der Waals surface area contributed by atoms with Crippen molar-refractivity contribution in [2.45, 2.75) is 24.4 Å². The molecule has 0 amide bonds. The highest BCUT2D eigenvalue weighted by atomic mass is 35.5. The van der Waals surface area contributed by atoms with Gasteiger partial charge in [-0.15, -0.1) is 10.2 Å². The molecule has 3 nitrogen and oxygen atoms in total. The second-order valence-electron chi connectivity index (χ2n) is 5.07. The fourth-order valence-corrected chi connectivity index (χ4v) is 3.79. The Hall–Kier alpha value is -1.20. The van der Waals surface area contributed by atoms with Crippen LogP contribution in [0, 0.1) is 0 Å². The standard InChI is InChI=1S/C17H14Cl3N3S/c1-2-23-16(12-5-3-4-6-13(12)18)21-22-17(23)24-10-11-7-8-14(19)15(20)9-11/h3-9H,2,10H2,1H3. The molecule has 0 atom stereocenters. The summed E-state index contributed by atoms with van der Waals surface area (Å²) in [7, 11) is 0. The van der Waals surface area contributed by atoms with Crippen molar-refractivity contribution in [1.29, 1.82) is 0 Å². The van der Waals surface area contributed by atoms with Gasteiger partial charge in [-0.2, -0.15) is 0 Å². The van der Waals surface area contributed by atoms with E-state index < -0.39 is 0 Å². The van der Waals surface area contributed by atoms with Crippen LogP contribution in [0.15, 0.2) is 47.6 Å². The average Bonchev–Trinajstić information content (AvgIpc) is 2.99. The first-order valence-corrected chi connectivity index (χ1v) is 9.47. The predicted molar refractivity (Wildman–Crippen MR) is 102 cm³/mol. The van der Waals surface area contributed by atoms with Gasteiger partial charge in [0.25, 0.3) is 0 Å². The van der Waals surface area contributed by atoms with Crippen molar-refractivity contribution < 1.29 is 0 Å². The maximum atomic E-state index is 6.29. The molecule has 0 unspecified atom stereocenters. The molecule has 0 spiro atoms. The molecule has 1 heterocycles. The van der Waals surface area contributed by atoms with Crippen LogP contribution in [0.3, 0.4) is 0 Å². The van der Waals surface area contributed by atoms with E-state index in [-0.39, 0.29) is 0 Å². The lowest BCUT2D eigenvalue weighted by atomic mass is 10.2. The zero-order valence-electron chi connectivity index (χ0n) is 12.8. The number of thioether (sulfide) groups is 1. The van der Waals surface area contributed by atoms with Gasteiger partial charge < -0.3 is 4.57 Å². The fourth-order valence-electron chi connectivity index (χ4n) is 2.30. The summed E-state index contributed by atoms with van der Waals surface area (Å²) < 4.78 is 2.06. The molecule has 0 aliphatic carbocycles. The van der Waals surface area contributed by atoms with Crippen molar-refractivity contribution in [3.8, 4) is 11.4 Å². The van der Waals surface area contributed by atoms with Crippen molar-refractivity contribution in [2.75, 3.05) is 0 Å². The van der Waals surface area contributed by atoms with Gasteiger partial charge in [0.2, 0.25) is 0 Å². The van der Waals surface area contributed by atoms with Crippen LogP contribution in [-0.4, -0.2) is 14.8 Å². The van der Waals surface area contributed by atoms with Crippen molar-refractivity contribution >= 4 is 46.6 Å². The minimum absolute atomic E-state index is 0.558. The Morgan fingerprint density at radius 1 is 0.958 bits per heavy atom.